The third-order valence-corrected chi connectivity index (χ3v) is 4.22. The first-order chi connectivity index (χ1) is 10.6. The Labute approximate surface area is 138 Å². The SMILES string of the molecule is Cc1ccc(OC2CCN(C(=O)c3ccc(Br)cc3)C2)nc1. The molecule has 0 spiro atoms. The van der Waals surface area contributed by atoms with Crippen LogP contribution in [0.3, 0.4) is 0 Å². The summed E-state index contributed by atoms with van der Waals surface area (Å²) in [5.74, 6) is 0.670. The second kappa shape index (κ2) is 6.48. The summed E-state index contributed by atoms with van der Waals surface area (Å²) < 4.78 is 6.82. The van der Waals surface area contributed by atoms with Gasteiger partial charge in [0.2, 0.25) is 5.88 Å². The van der Waals surface area contributed by atoms with Crippen LogP contribution >= 0.6 is 15.9 Å². The molecule has 114 valence electrons. The Morgan fingerprint density at radius 1 is 1.27 bits per heavy atom. The number of hydrogen-bond acceptors (Lipinski definition) is 3. The summed E-state index contributed by atoms with van der Waals surface area (Å²) in [4.78, 5) is 18.5. The molecule has 1 saturated heterocycles. The van der Waals surface area contributed by atoms with Crippen molar-refractivity contribution in [3.05, 3.63) is 58.2 Å². The molecule has 0 aliphatic carbocycles. The number of aryl methyl sites for hydroxylation is 1. The highest BCUT2D eigenvalue weighted by molar-refractivity contribution is 9.10. The first-order valence-electron chi connectivity index (χ1n) is 7.26. The molecule has 2 aromatic rings. The number of hydrogen-bond donors (Lipinski definition) is 0. The molecule has 0 radical (unpaired) electrons. The van der Waals surface area contributed by atoms with E-state index in [4.69, 9.17) is 4.74 Å². The van der Waals surface area contributed by atoms with Gasteiger partial charge >= 0.3 is 0 Å². The van der Waals surface area contributed by atoms with Crippen molar-refractivity contribution in [3.63, 3.8) is 0 Å². The second-order valence-corrected chi connectivity index (χ2v) is 6.38. The Morgan fingerprint density at radius 3 is 2.73 bits per heavy atom. The van der Waals surface area contributed by atoms with Crippen LogP contribution in [0.15, 0.2) is 47.1 Å². The number of nitrogens with zero attached hydrogens (tertiary/aromatic N) is 2. The number of benzene rings is 1. The number of halogens is 1. The summed E-state index contributed by atoms with van der Waals surface area (Å²) in [7, 11) is 0. The lowest BCUT2D eigenvalue weighted by Gasteiger charge is -2.17. The van der Waals surface area contributed by atoms with Gasteiger partial charge in [-0.05, 0) is 36.8 Å². The van der Waals surface area contributed by atoms with Crippen molar-refractivity contribution in [3.8, 4) is 5.88 Å². The molecule has 1 aliphatic heterocycles. The van der Waals surface area contributed by atoms with Gasteiger partial charge in [0.15, 0.2) is 0 Å². The van der Waals surface area contributed by atoms with Crippen molar-refractivity contribution >= 4 is 21.8 Å². The topological polar surface area (TPSA) is 42.4 Å². The minimum Gasteiger partial charge on any atom is -0.472 e. The lowest BCUT2D eigenvalue weighted by Crippen LogP contribution is -2.31. The van der Waals surface area contributed by atoms with Gasteiger partial charge in [-0.3, -0.25) is 4.79 Å². The maximum Gasteiger partial charge on any atom is 0.253 e. The number of aromatic nitrogens is 1. The third kappa shape index (κ3) is 3.47. The van der Waals surface area contributed by atoms with Crippen LogP contribution in [-0.4, -0.2) is 35.0 Å². The summed E-state index contributed by atoms with van der Waals surface area (Å²) in [6.45, 7) is 3.31. The van der Waals surface area contributed by atoms with E-state index >= 15 is 0 Å². The molecule has 0 saturated carbocycles. The Balaban J connectivity index is 1.61. The largest absolute Gasteiger partial charge is 0.472 e. The summed E-state index contributed by atoms with van der Waals surface area (Å²) in [5, 5.41) is 0. The van der Waals surface area contributed by atoms with Gasteiger partial charge in [-0.1, -0.05) is 22.0 Å². The fraction of sp³-hybridized carbons (Fsp3) is 0.294. The molecule has 1 aliphatic rings. The lowest BCUT2D eigenvalue weighted by atomic mass is 10.2. The number of rotatable bonds is 3. The average Bonchev–Trinajstić information content (AvgIpc) is 2.98. The molecule has 1 aromatic carbocycles. The number of carbonyl (C=O) groups is 1. The number of pyridine rings is 1. The fourth-order valence-corrected chi connectivity index (χ4v) is 2.74. The first kappa shape index (κ1) is 15.0. The molecule has 1 unspecified atom stereocenters. The second-order valence-electron chi connectivity index (χ2n) is 5.46. The zero-order valence-corrected chi connectivity index (χ0v) is 13.9. The van der Waals surface area contributed by atoms with Crippen molar-refractivity contribution in [2.75, 3.05) is 13.1 Å². The van der Waals surface area contributed by atoms with E-state index in [2.05, 4.69) is 20.9 Å². The normalized spacial score (nSPS) is 17.5. The van der Waals surface area contributed by atoms with Crippen molar-refractivity contribution in [2.45, 2.75) is 19.4 Å². The molecule has 0 bridgehead atoms. The predicted octanol–water partition coefficient (Wildman–Crippen LogP) is 3.45. The molecule has 5 heteroatoms. The molecular weight excluding hydrogens is 344 g/mol. The van der Waals surface area contributed by atoms with Crippen molar-refractivity contribution < 1.29 is 9.53 Å². The van der Waals surface area contributed by atoms with Crippen LogP contribution in [0.25, 0.3) is 0 Å². The quantitative estimate of drug-likeness (QED) is 0.841. The van der Waals surface area contributed by atoms with Gasteiger partial charge in [-0.25, -0.2) is 4.98 Å². The molecule has 1 atom stereocenters. The summed E-state index contributed by atoms with van der Waals surface area (Å²) in [5.41, 5.74) is 1.81. The highest BCUT2D eigenvalue weighted by atomic mass is 79.9. The number of carbonyl (C=O) groups excluding carboxylic acids is 1. The lowest BCUT2D eigenvalue weighted by molar-refractivity contribution is 0.0771. The Morgan fingerprint density at radius 2 is 2.05 bits per heavy atom. The average molecular weight is 361 g/mol. The van der Waals surface area contributed by atoms with Gasteiger partial charge in [-0.2, -0.15) is 0 Å². The highest BCUT2D eigenvalue weighted by Crippen LogP contribution is 2.19. The number of ether oxygens (including phenoxy) is 1. The van der Waals surface area contributed by atoms with Crippen LogP contribution in [-0.2, 0) is 0 Å². The summed E-state index contributed by atoms with van der Waals surface area (Å²) in [6.07, 6.45) is 2.63. The van der Waals surface area contributed by atoms with E-state index in [0.29, 0.717) is 24.5 Å². The number of amides is 1. The van der Waals surface area contributed by atoms with E-state index in [1.165, 1.54) is 0 Å². The van der Waals surface area contributed by atoms with Crippen LogP contribution in [0, 0.1) is 6.92 Å². The molecular formula is C17H17BrN2O2. The molecule has 3 rings (SSSR count). The molecule has 0 N–H and O–H groups in total. The van der Waals surface area contributed by atoms with Crippen LogP contribution in [0.5, 0.6) is 5.88 Å². The van der Waals surface area contributed by atoms with E-state index < -0.39 is 0 Å². The minimum absolute atomic E-state index is 0.00889. The van der Waals surface area contributed by atoms with Gasteiger partial charge in [0, 0.05) is 35.3 Å². The van der Waals surface area contributed by atoms with Crippen LogP contribution < -0.4 is 4.74 Å². The summed E-state index contributed by atoms with van der Waals surface area (Å²) >= 11 is 3.38. The van der Waals surface area contributed by atoms with Crippen molar-refractivity contribution in [1.82, 2.24) is 9.88 Å². The Hall–Kier alpha value is -1.88. The monoisotopic (exact) mass is 360 g/mol. The van der Waals surface area contributed by atoms with Crippen LogP contribution in [0.2, 0.25) is 0 Å². The Kier molecular flexibility index (Phi) is 4.43. The van der Waals surface area contributed by atoms with E-state index in [1.54, 1.807) is 6.20 Å². The van der Waals surface area contributed by atoms with Crippen molar-refractivity contribution in [2.24, 2.45) is 0 Å². The fourth-order valence-electron chi connectivity index (χ4n) is 2.48. The zero-order valence-electron chi connectivity index (χ0n) is 12.3. The number of likely N-dealkylation sites (tertiary alicyclic amines) is 1. The maximum atomic E-state index is 12.4. The smallest absolute Gasteiger partial charge is 0.253 e. The minimum atomic E-state index is 0.00889. The van der Waals surface area contributed by atoms with Gasteiger partial charge in [0.1, 0.15) is 6.10 Å². The summed E-state index contributed by atoms with van der Waals surface area (Å²) in [6, 6.07) is 11.3. The molecule has 1 fully saturated rings. The third-order valence-electron chi connectivity index (χ3n) is 3.70. The molecule has 1 aromatic heterocycles. The molecule has 4 nitrogen and oxygen atoms in total. The van der Waals surface area contributed by atoms with Gasteiger partial charge in [0.05, 0.1) is 6.54 Å². The van der Waals surface area contributed by atoms with Gasteiger partial charge < -0.3 is 9.64 Å². The van der Waals surface area contributed by atoms with Crippen LogP contribution in [0.4, 0.5) is 0 Å². The van der Waals surface area contributed by atoms with Crippen LogP contribution in [0.1, 0.15) is 22.3 Å². The zero-order chi connectivity index (χ0) is 15.5. The standard InChI is InChI=1S/C17H17BrN2O2/c1-12-2-7-16(19-10-12)22-15-8-9-20(11-15)17(21)13-3-5-14(18)6-4-13/h2-7,10,15H,8-9,11H2,1H3. The van der Waals surface area contributed by atoms with Gasteiger partial charge in [0.25, 0.3) is 5.91 Å². The van der Waals surface area contributed by atoms with Gasteiger partial charge in [-0.15, -0.1) is 0 Å². The first-order valence-corrected chi connectivity index (χ1v) is 8.05. The Bertz CT molecular complexity index is 655. The van der Waals surface area contributed by atoms with E-state index in [0.717, 1.165) is 16.5 Å². The predicted molar refractivity (Wildman–Crippen MR) is 88.1 cm³/mol. The van der Waals surface area contributed by atoms with E-state index in [-0.39, 0.29) is 12.0 Å². The molecule has 22 heavy (non-hydrogen) atoms. The molecule has 1 amide bonds. The van der Waals surface area contributed by atoms with E-state index in [9.17, 15) is 4.79 Å². The van der Waals surface area contributed by atoms with E-state index in [1.807, 2.05) is 48.2 Å². The highest BCUT2D eigenvalue weighted by Gasteiger charge is 2.28. The maximum absolute atomic E-state index is 12.4. The van der Waals surface area contributed by atoms with Crippen molar-refractivity contribution in [1.29, 1.82) is 0 Å². The molecule has 2 heterocycles.